The summed E-state index contributed by atoms with van der Waals surface area (Å²) in [5.41, 5.74) is 2.35. The maximum Gasteiger partial charge on any atom is 0.157 e. The van der Waals surface area contributed by atoms with Crippen molar-refractivity contribution < 1.29 is 0 Å². The molecule has 1 aliphatic carbocycles. The molecule has 1 fully saturated rings. The normalized spacial score (nSPS) is 15.1. The zero-order valence-corrected chi connectivity index (χ0v) is 9.93. The number of pyridine rings is 1. The molecule has 2 aromatic rings. The summed E-state index contributed by atoms with van der Waals surface area (Å²) in [5.74, 6) is 0.925. The molecule has 0 unspecified atom stereocenters. The van der Waals surface area contributed by atoms with E-state index in [1.807, 2.05) is 36.3 Å². The third-order valence-electron chi connectivity index (χ3n) is 2.95. The fourth-order valence-corrected chi connectivity index (χ4v) is 1.84. The molecule has 0 aromatic carbocycles. The summed E-state index contributed by atoms with van der Waals surface area (Å²) in [7, 11) is 0. The van der Waals surface area contributed by atoms with Crippen molar-refractivity contribution in [1.29, 1.82) is 0 Å². The van der Waals surface area contributed by atoms with Gasteiger partial charge in [0.05, 0.1) is 6.20 Å². The molecule has 88 valence electrons. The Hall–Kier alpha value is -1.68. The van der Waals surface area contributed by atoms with Crippen molar-refractivity contribution in [3.05, 3.63) is 41.9 Å². The maximum absolute atomic E-state index is 4.42. The van der Waals surface area contributed by atoms with Gasteiger partial charge in [-0.15, -0.1) is 0 Å². The van der Waals surface area contributed by atoms with Crippen molar-refractivity contribution in [2.45, 2.75) is 32.4 Å². The lowest BCUT2D eigenvalue weighted by atomic mass is 10.2. The molecule has 4 heteroatoms. The summed E-state index contributed by atoms with van der Waals surface area (Å²) >= 11 is 0. The zero-order chi connectivity index (χ0) is 11.7. The van der Waals surface area contributed by atoms with Gasteiger partial charge < -0.3 is 5.32 Å². The van der Waals surface area contributed by atoms with Crippen LogP contribution in [0.4, 0.5) is 0 Å². The van der Waals surface area contributed by atoms with Crippen LogP contribution >= 0.6 is 0 Å². The van der Waals surface area contributed by atoms with Crippen molar-refractivity contribution in [2.24, 2.45) is 0 Å². The van der Waals surface area contributed by atoms with Gasteiger partial charge in [-0.1, -0.05) is 6.07 Å². The Kier molecular flexibility index (Phi) is 2.65. The molecule has 2 aromatic heterocycles. The second kappa shape index (κ2) is 4.30. The van der Waals surface area contributed by atoms with E-state index in [0.717, 1.165) is 17.9 Å². The largest absolute Gasteiger partial charge is 0.310 e. The molecule has 0 aliphatic heterocycles. The van der Waals surface area contributed by atoms with Crippen LogP contribution in [-0.4, -0.2) is 20.8 Å². The standard InChI is InChI=1S/C13H16N4/c1-10-7-16-17(9-10)13-11(3-2-6-14-13)8-15-12-4-5-12/h2-3,6-7,9,12,15H,4-5,8H2,1H3. The average molecular weight is 228 g/mol. The molecule has 2 heterocycles. The molecule has 0 amide bonds. The first-order valence-electron chi connectivity index (χ1n) is 6.02. The lowest BCUT2D eigenvalue weighted by molar-refractivity contribution is 0.676. The minimum Gasteiger partial charge on any atom is -0.310 e. The molecule has 1 aliphatic rings. The van der Waals surface area contributed by atoms with Crippen molar-refractivity contribution in [1.82, 2.24) is 20.1 Å². The molecule has 0 radical (unpaired) electrons. The fraction of sp³-hybridized carbons (Fsp3) is 0.385. The predicted octanol–water partition coefficient (Wildman–Crippen LogP) is 1.83. The average Bonchev–Trinajstić information content (AvgIpc) is 3.08. The fourth-order valence-electron chi connectivity index (χ4n) is 1.84. The van der Waals surface area contributed by atoms with Crippen LogP contribution in [0.3, 0.4) is 0 Å². The van der Waals surface area contributed by atoms with Crippen molar-refractivity contribution in [3.8, 4) is 5.82 Å². The van der Waals surface area contributed by atoms with Crippen molar-refractivity contribution in [3.63, 3.8) is 0 Å². The van der Waals surface area contributed by atoms with Gasteiger partial charge in [0.15, 0.2) is 5.82 Å². The van der Waals surface area contributed by atoms with E-state index in [1.165, 1.54) is 18.4 Å². The summed E-state index contributed by atoms with van der Waals surface area (Å²) in [4.78, 5) is 4.42. The van der Waals surface area contributed by atoms with Crippen LogP contribution in [0.15, 0.2) is 30.7 Å². The summed E-state index contributed by atoms with van der Waals surface area (Å²) < 4.78 is 1.85. The Morgan fingerprint density at radius 1 is 1.47 bits per heavy atom. The maximum atomic E-state index is 4.42. The lowest BCUT2D eigenvalue weighted by Gasteiger charge is -2.08. The Morgan fingerprint density at radius 3 is 3.06 bits per heavy atom. The first-order valence-corrected chi connectivity index (χ1v) is 6.02. The number of hydrogen-bond donors (Lipinski definition) is 1. The number of aryl methyl sites for hydroxylation is 1. The van der Waals surface area contributed by atoms with E-state index in [0.29, 0.717) is 6.04 Å². The van der Waals surface area contributed by atoms with Crippen molar-refractivity contribution >= 4 is 0 Å². The third kappa shape index (κ3) is 2.36. The highest BCUT2D eigenvalue weighted by molar-refractivity contribution is 5.33. The summed E-state index contributed by atoms with van der Waals surface area (Å²) in [5, 5.41) is 7.82. The number of aromatic nitrogens is 3. The Labute approximate surface area is 101 Å². The van der Waals surface area contributed by atoms with E-state index >= 15 is 0 Å². The van der Waals surface area contributed by atoms with Gasteiger partial charge in [0.2, 0.25) is 0 Å². The van der Waals surface area contributed by atoms with Gasteiger partial charge in [0, 0.05) is 30.5 Å². The Morgan fingerprint density at radius 2 is 2.35 bits per heavy atom. The van der Waals surface area contributed by atoms with E-state index in [2.05, 4.69) is 21.5 Å². The SMILES string of the molecule is Cc1cnn(-c2ncccc2CNC2CC2)c1. The van der Waals surface area contributed by atoms with Gasteiger partial charge in [-0.3, -0.25) is 0 Å². The highest BCUT2D eigenvalue weighted by Crippen LogP contribution is 2.20. The number of rotatable bonds is 4. The number of hydrogen-bond acceptors (Lipinski definition) is 3. The number of nitrogens with one attached hydrogen (secondary N) is 1. The van der Waals surface area contributed by atoms with Crippen LogP contribution in [0.1, 0.15) is 24.0 Å². The summed E-state index contributed by atoms with van der Waals surface area (Å²) in [6.45, 7) is 2.90. The van der Waals surface area contributed by atoms with Gasteiger partial charge in [0.25, 0.3) is 0 Å². The van der Waals surface area contributed by atoms with Crippen molar-refractivity contribution in [2.75, 3.05) is 0 Å². The molecule has 17 heavy (non-hydrogen) atoms. The van der Waals surface area contributed by atoms with Crippen LogP contribution < -0.4 is 5.32 Å². The molecule has 1 saturated carbocycles. The smallest absolute Gasteiger partial charge is 0.157 e. The molecule has 3 rings (SSSR count). The topological polar surface area (TPSA) is 42.7 Å². The first kappa shape index (κ1) is 10.5. The van der Waals surface area contributed by atoms with Gasteiger partial charge in [-0.25, -0.2) is 9.67 Å². The molecule has 0 spiro atoms. The molecule has 4 nitrogen and oxygen atoms in total. The van der Waals surface area contributed by atoms with Crippen LogP contribution in [0.2, 0.25) is 0 Å². The van der Waals surface area contributed by atoms with E-state index in [4.69, 9.17) is 0 Å². The highest BCUT2D eigenvalue weighted by atomic mass is 15.3. The van der Waals surface area contributed by atoms with Gasteiger partial charge >= 0.3 is 0 Å². The van der Waals surface area contributed by atoms with Crippen LogP contribution in [0, 0.1) is 6.92 Å². The van der Waals surface area contributed by atoms with E-state index in [9.17, 15) is 0 Å². The number of nitrogens with zero attached hydrogens (tertiary/aromatic N) is 3. The van der Waals surface area contributed by atoms with Gasteiger partial charge in [-0.2, -0.15) is 5.10 Å². The minimum atomic E-state index is 0.711. The molecule has 0 atom stereocenters. The van der Waals surface area contributed by atoms with Crippen LogP contribution in [0.25, 0.3) is 5.82 Å². The molecular weight excluding hydrogens is 212 g/mol. The van der Waals surface area contributed by atoms with Crippen LogP contribution in [-0.2, 0) is 6.54 Å². The molecule has 1 N–H and O–H groups in total. The van der Waals surface area contributed by atoms with Gasteiger partial charge in [0.1, 0.15) is 0 Å². The third-order valence-corrected chi connectivity index (χ3v) is 2.95. The van der Waals surface area contributed by atoms with Gasteiger partial charge in [-0.05, 0) is 31.4 Å². The summed E-state index contributed by atoms with van der Waals surface area (Å²) in [6, 6.07) is 4.79. The lowest BCUT2D eigenvalue weighted by Crippen LogP contribution is -2.17. The molecule has 0 bridgehead atoms. The zero-order valence-electron chi connectivity index (χ0n) is 9.93. The second-order valence-electron chi connectivity index (χ2n) is 4.60. The quantitative estimate of drug-likeness (QED) is 0.868. The Bertz CT molecular complexity index is 514. The van der Waals surface area contributed by atoms with E-state index in [1.54, 1.807) is 0 Å². The van der Waals surface area contributed by atoms with E-state index in [-0.39, 0.29) is 0 Å². The predicted molar refractivity (Wildman–Crippen MR) is 66.0 cm³/mol. The monoisotopic (exact) mass is 228 g/mol. The second-order valence-corrected chi connectivity index (χ2v) is 4.60. The first-order chi connectivity index (χ1) is 8.33. The van der Waals surface area contributed by atoms with E-state index < -0.39 is 0 Å². The minimum absolute atomic E-state index is 0.711. The molecular formula is C13H16N4. The highest BCUT2D eigenvalue weighted by Gasteiger charge is 2.20. The summed E-state index contributed by atoms with van der Waals surface area (Å²) in [6.07, 6.45) is 8.27. The molecule has 0 saturated heterocycles. The Balaban J connectivity index is 1.86. The van der Waals surface area contributed by atoms with Crippen LogP contribution in [0.5, 0.6) is 0 Å².